The standard InChI is InChI=1S/C15H21ClN2O/c1-12-6-7-14(13(16)10-12)17-15(19)11-18-8-4-2-3-5-9-18/h6-7,10H,2-5,8-9,11H2,1H3,(H,17,19)/p+1. The van der Waals surface area contributed by atoms with Gasteiger partial charge >= 0.3 is 0 Å². The number of nitrogens with one attached hydrogen (secondary N) is 2. The fourth-order valence-corrected chi connectivity index (χ4v) is 2.83. The Morgan fingerprint density at radius 1 is 1.26 bits per heavy atom. The zero-order chi connectivity index (χ0) is 13.7. The van der Waals surface area contributed by atoms with Crippen LogP contribution in [0, 0.1) is 6.92 Å². The molecule has 4 heteroatoms. The molecule has 104 valence electrons. The van der Waals surface area contributed by atoms with E-state index in [9.17, 15) is 4.79 Å². The van der Waals surface area contributed by atoms with Crippen LogP contribution < -0.4 is 10.2 Å². The van der Waals surface area contributed by atoms with Crippen LogP contribution in [0.15, 0.2) is 18.2 Å². The van der Waals surface area contributed by atoms with E-state index in [1.165, 1.54) is 30.6 Å². The summed E-state index contributed by atoms with van der Waals surface area (Å²) in [5.41, 5.74) is 1.81. The highest BCUT2D eigenvalue weighted by Crippen LogP contribution is 2.22. The number of hydrogen-bond acceptors (Lipinski definition) is 1. The SMILES string of the molecule is Cc1ccc(NC(=O)C[NH+]2CCCCCC2)c(Cl)c1. The molecule has 0 unspecified atom stereocenters. The zero-order valence-electron chi connectivity index (χ0n) is 11.5. The molecule has 1 amide bonds. The summed E-state index contributed by atoms with van der Waals surface area (Å²) in [5.74, 6) is 0.0580. The Bertz CT molecular complexity index is 440. The number of hydrogen-bond donors (Lipinski definition) is 2. The Morgan fingerprint density at radius 3 is 2.58 bits per heavy atom. The maximum atomic E-state index is 12.0. The number of rotatable bonds is 3. The lowest BCUT2D eigenvalue weighted by atomic mass is 10.2. The van der Waals surface area contributed by atoms with Gasteiger partial charge < -0.3 is 10.2 Å². The van der Waals surface area contributed by atoms with E-state index in [4.69, 9.17) is 11.6 Å². The highest BCUT2D eigenvalue weighted by Gasteiger charge is 2.16. The van der Waals surface area contributed by atoms with Gasteiger partial charge in [-0.2, -0.15) is 0 Å². The number of anilines is 1. The number of benzene rings is 1. The third-order valence-corrected chi connectivity index (χ3v) is 3.93. The predicted molar refractivity (Wildman–Crippen MR) is 78.9 cm³/mol. The van der Waals surface area contributed by atoms with Crippen molar-refractivity contribution < 1.29 is 9.69 Å². The van der Waals surface area contributed by atoms with Crippen molar-refractivity contribution in [2.45, 2.75) is 32.6 Å². The number of carbonyl (C=O) groups is 1. The molecule has 1 saturated heterocycles. The van der Waals surface area contributed by atoms with Gasteiger partial charge in [0.25, 0.3) is 5.91 Å². The molecule has 0 aromatic heterocycles. The third-order valence-electron chi connectivity index (χ3n) is 3.62. The van der Waals surface area contributed by atoms with Crippen LogP contribution >= 0.6 is 11.6 Å². The van der Waals surface area contributed by atoms with Gasteiger partial charge in [0.15, 0.2) is 6.54 Å². The molecule has 0 saturated carbocycles. The monoisotopic (exact) mass is 281 g/mol. The van der Waals surface area contributed by atoms with Gasteiger partial charge in [-0.1, -0.05) is 17.7 Å². The highest BCUT2D eigenvalue weighted by molar-refractivity contribution is 6.33. The Labute approximate surface area is 119 Å². The average molecular weight is 282 g/mol. The Kier molecular flexibility index (Phi) is 5.23. The second-order valence-electron chi connectivity index (χ2n) is 5.37. The summed E-state index contributed by atoms with van der Waals surface area (Å²) < 4.78 is 0. The fourth-order valence-electron chi connectivity index (χ4n) is 2.55. The second-order valence-corrected chi connectivity index (χ2v) is 5.78. The van der Waals surface area contributed by atoms with Crippen molar-refractivity contribution >= 4 is 23.2 Å². The van der Waals surface area contributed by atoms with Gasteiger partial charge in [0.05, 0.1) is 23.8 Å². The van der Waals surface area contributed by atoms with Crippen molar-refractivity contribution in [1.29, 1.82) is 0 Å². The highest BCUT2D eigenvalue weighted by atomic mass is 35.5. The molecule has 1 aromatic rings. The molecular weight excluding hydrogens is 260 g/mol. The number of carbonyl (C=O) groups excluding carboxylic acids is 1. The molecule has 1 fully saturated rings. The van der Waals surface area contributed by atoms with Crippen LogP contribution in [0.3, 0.4) is 0 Å². The zero-order valence-corrected chi connectivity index (χ0v) is 12.2. The van der Waals surface area contributed by atoms with Crippen molar-refractivity contribution in [2.24, 2.45) is 0 Å². The van der Waals surface area contributed by atoms with Crippen LogP contribution in [0.2, 0.25) is 5.02 Å². The molecule has 2 rings (SSSR count). The number of quaternary nitrogens is 1. The molecule has 1 aliphatic heterocycles. The third kappa shape index (κ3) is 4.51. The van der Waals surface area contributed by atoms with Gasteiger partial charge in [0.1, 0.15) is 0 Å². The predicted octanol–water partition coefficient (Wildman–Crippen LogP) is 2.05. The molecule has 0 bridgehead atoms. The smallest absolute Gasteiger partial charge is 0.279 e. The van der Waals surface area contributed by atoms with Crippen molar-refractivity contribution in [3.8, 4) is 0 Å². The number of likely N-dealkylation sites (tertiary alicyclic amines) is 1. The first kappa shape index (κ1) is 14.4. The molecule has 1 heterocycles. The van der Waals surface area contributed by atoms with Gasteiger partial charge in [-0.15, -0.1) is 0 Å². The maximum Gasteiger partial charge on any atom is 0.279 e. The second kappa shape index (κ2) is 6.92. The molecule has 19 heavy (non-hydrogen) atoms. The Hall–Kier alpha value is -1.06. The fraction of sp³-hybridized carbons (Fsp3) is 0.533. The Balaban J connectivity index is 1.89. The minimum absolute atomic E-state index is 0.0580. The van der Waals surface area contributed by atoms with E-state index in [1.807, 2.05) is 25.1 Å². The van der Waals surface area contributed by atoms with Crippen molar-refractivity contribution in [1.82, 2.24) is 0 Å². The summed E-state index contributed by atoms with van der Waals surface area (Å²) in [6.45, 7) is 4.74. The van der Waals surface area contributed by atoms with Crippen molar-refractivity contribution in [3.63, 3.8) is 0 Å². The molecular formula is C15H22ClN2O+. The van der Waals surface area contributed by atoms with Crippen LogP contribution in [0.4, 0.5) is 5.69 Å². The summed E-state index contributed by atoms with van der Waals surface area (Å²) in [4.78, 5) is 13.4. The first-order valence-corrected chi connectivity index (χ1v) is 7.42. The molecule has 2 N–H and O–H groups in total. The van der Waals surface area contributed by atoms with Gasteiger partial charge in [-0.25, -0.2) is 0 Å². The first-order chi connectivity index (χ1) is 9.15. The van der Waals surface area contributed by atoms with E-state index in [-0.39, 0.29) is 5.91 Å². The molecule has 0 spiro atoms. The Morgan fingerprint density at radius 2 is 1.95 bits per heavy atom. The molecule has 0 aliphatic carbocycles. The van der Waals surface area contributed by atoms with E-state index in [0.29, 0.717) is 17.3 Å². The number of halogens is 1. The lowest BCUT2D eigenvalue weighted by Crippen LogP contribution is -3.12. The average Bonchev–Trinajstić information content (AvgIpc) is 2.61. The maximum absolute atomic E-state index is 12.0. The molecule has 1 aliphatic rings. The van der Waals surface area contributed by atoms with E-state index >= 15 is 0 Å². The molecule has 0 radical (unpaired) electrons. The molecule has 1 aromatic carbocycles. The lowest BCUT2D eigenvalue weighted by molar-refractivity contribution is -0.890. The van der Waals surface area contributed by atoms with Crippen LogP contribution in [0.1, 0.15) is 31.2 Å². The number of amides is 1. The summed E-state index contributed by atoms with van der Waals surface area (Å²) in [5, 5.41) is 3.52. The van der Waals surface area contributed by atoms with Gasteiger partial charge in [0, 0.05) is 0 Å². The van der Waals surface area contributed by atoms with E-state index in [2.05, 4.69) is 5.32 Å². The van der Waals surface area contributed by atoms with Gasteiger partial charge in [0.2, 0.25) is 0 Å². The summed E-state index contributed by atoms with van der Waals surface area (Å²) in [6, 6.07) is 5.70. The van der Waals surface area contributed by atoms with Crippen molar-refractivity contribution in [3.05, 3.63) is 28.8 Å². The lowest BCUT2D eigenvalue weighted by Gasteiger charge is -2.16. The van der Waals surface area contributed by atoms with Crippen LogP contribution in [-0.2, 0) is 4.79 Å². The van der Waals surface area contributed by atoms with Crippen LogP contribution in [0.5, 0.6) is 0 Å². The van der Waals surface area contributed by atoms with E-state index < -0.39 is 0 Å². The summed E-state index contributed by atoms with van der Waals surface area (Å²) >= 11 is 6.12. The van der Waals surface area contributed by atoms with Crippen LogP contribution in [0.25, 0.3) is 0 Å². The van der Waals surface area contributed by atoms with E-state index in [0.717, 1.165) is 18.7 Å². The van der Waals surface area contributed by atoms with Gasteiger partial charge in [-0.3, -0.25) is 4.79 Å². The van der Waals surface area contributed by atoms with Crippen molar-refractivity contribution in [2.75, 3.05) is 25.0 Å². The summed E-state index contributed by atoms with van der Waals surface area (Å²) in [7, 11) is 0. The molecule has 3 nitrogen and oxygen atoms in total. The normalized spacial score (nSPS) is 16.9. The quantitative estimate of drug-likeness (QED) is 0.874. The number of aryl methyl sites for hydroxylation is 1. The topological polar surface area (TPSA) is 33.5 Å². The van der Waals surface area contributed by atoms with Crippen LogP contribution in [-0.4, -0.2) is 25.5 Å². The minimum atomic E-state index is 0.0580. The largest absolute Gasteiger partial charge is 0.327 e. The summed E-state index contributed by atoms with van der Waals surface area (Å²) in [6.07, 6.45) is 5.06. The minimum Gasteiger partial charge on any atom is -0.327 e. The van der Waals surface area contributed by atoms with E-state index in [1.54, 1.807) is 0 Å². The first-order valence-electron chi connectivity index (χ1n) is 7.05. The molecule has 0 atom stereocenters. The van der Waals surface area contributed by atoms with Gasteiger partial charge in [-0.05, 0) is 50.3 Å².